The molecule has 2 rings (SSSR count). The lowest BCUT2D eigenvalue weighted by atomic mass is 10.2. The smallest absolute Gasteiger partial charge is 0.338 e. The fourth-order valence-electron chi connectivity index (χ4n) is 1.73. The molecule has 1 aromatic carbocycles. The van der Waals surface area contributed by atoms with Gasteiger partial charge in [0.2, 0.25) is 5.91 Å². The Morgan fingerprint density at radius 1 is 1.25 bits per heavy atom. The molecule has 0 spiro atoms. The van der Waals surface area contributed by atoms with Crippen molar-refractivity contribution < 1.29 is 14.3 Å². The first-order valence-electron chi connectivity index (χ1n) is 7.23. The molecular formula is C16H17N3O4S. The van der Waals surface area contributed by atoms with E-state index in [1.54, 1.807) is 38.1 Å². The highest BCUT2D eigenvalue weighted by Crippen LogP contribution is 2.14. The van der Waals surface area contributed by atoms with Crippen LogP contribution in [-0.4, -0.2) is 33.7 Å². The quantitative estimate of drug-likeness (QED) is 0.471. The van der Waals surface area contributed by atoms with Crippen molar-refractivity contribution in [1.29, 1.82) is 0 Å². The predicted molar refractivity (Wildman–Crippen MR) is 91.2 cm³/mol. The molecule has 0 radical (unpaired) electrons. The lowest BCUT2D eigenvalue weighted by molar-refractivity contribution is -0.113. The molecule has 0 bridgehead atoms. The number of H-pyrrole nitrogens is 1. The van der Waals surface area contributed by atoms with Gasteiger partial charge >= 0.3 is 5.97 Å². The minimum Gasteiger partial charge on any atom is -0.459 e. The summed E-state index contributed by atoms with van der Waals surface area (Å²) in [4.78, 5) is 41.2. The van der Waals surface area contributed by atoms with Crippen LogP contribution in [0, 0.1) is 0 Å². The summed E-state index contributed by atoms with van der Waals surface area (Å²) in [5.74, 6) is -0.550. The van der Waals surface area contributed by atoms with Gasteiger partial charge in [0.05, 0.1) is 17.4 Å². The Bertz CT molecular complexity index is 771. The van der Waals surface area contributed by atoms with Gasteiger partial charge in [-0.05, 0) is 38.1 Å². The largest absolute Gasteiger partial charge is 0.459 e. The number of nitrogens with one attached hydrogen (secondary N) is 2. The van der Waals surface area contributed by atoms with E-state index in [0.29, 0.717) is 16.4 Å². The molecule has 24 heavy (non-hydrogen) atoms. The number of hydrogen-bond donors (Lipinski definition) is 2. The highest BCUT2D eigenvalue weighted by molar-refractivity contribution is 7.99. The SMILES string of the molecule is CC(C)OC(=O)c1ccc(NC(=O)CSc2nccc(=O)[nH]2)cc1. The molecule has 126 valence electrons. The molecule has 0 saturated heterocycles. The van der Waals surface area contributed by atoms with Crippen LogP contribution < -0.4 is 10.9 Å². The van der Waals surface area contributed by atoms with Gasteiger partial charge in [0.25, 0.3) is 5.56 Å². The van der Waals surface area contributed by atoms with Crippen LogP contribution in [0.1, 0.15) is 24.2 Å². The molecule has 0 aliphatic heterocycles. The second kappa shape index (κ2) is 8.30. The van der Waals surface area contributed by atoms with Crippen molar-refractivity contribution in [1.82, 2.24) is 9.97 Å². The van der Waals surface area contributed by atoms with Crippen LogP contribution in [-0.2, 0) is 9.53 Å². The summed E-state index contributed by atoms with van der Waals surface area (Å²) in [5, 5.41) is 3.08. The first-order valence-corrected chi connectivity index (χ1v) is 8.21. The normalized spacial score (nSPS) is 10.5. The third kappa shape index (κ3) is 5.54. The third-order valence-electron chi connectivity index (χ3n) is 2.73. The number of aromatic amines is 1. The second-order valence-electron chi connectivity index (χ2n) is 5.11. The van der Waals surface area contributed by atoms with Crippen LogP contribution >= 0.6 is 11.8 Å². The fraction of sp³-hybridized carbons (Fsp3) is 0.250. The van der Waals surface area contributed by atoms with Crippen molar-refractivity contribution >= 4 is 29.3 Å². The summed E-state index contributed by atoms with van der Waals surface area (Å²) < 4.78 is 5.09. The van der Waals surface area contributed by atoms with Gasteiger partial charge in [-0.2, -0.15) is 0 Å². The fourth-order valence-corrected chi connectivity index (χ4v) is 2.38. The van der Waals surface area contributed by atoms with Crippen molar-refractivity contribution in [2.24, 2.45) is 0 Å². The van der Waals surface area contributed by atoms with E-state index in [4.69, 9.17) is 4.74 Å². The molecule has 0 saturated carbocycles. The number of anilines is 1. The zero-order valence-electron chi connectivity index (χ0n) is 13.2. The molecule has 1 amide bonds. The van der Waals surface area contributed by atoms with E-state index in [1.165, 1.54) is 12.3 Å². The van der Waals surface area contributed by atoms with Crippen molar-refractivity contribution in [3.05, 3.63) is 52.4 Å². The number of aromatic nitrogens is 2. The van der Waals surface area contributed by atoms with Crippen molar-refractivity contribution in [2.75, 3.05) is 11.1 Å². The summed E-state index contributed by atoms with van der Waals surface area (Å²) in [7, 11) is 0. The Labute approximate surface area is 142 Å². The Hall–Kier alpha value is -2.61. The monoisotopic (exact) mass is 347 g/mol. The molecule has 2 N–H and O–H groups in total. The molecule has 0 aliphatic rings. The van der Waals surface area contributed by atoms with Gasteiger partial charge in [-0.25, -0.2) is 9.78 Å². The number of ether oxygens (including phenoxy) is 1. The Balaban J connectivity index is 1.87. The van der Waals surface area contributed by atoms with Crippen molar-refractivity contribution in [3.63, 3.8) is 0 Å². The van der Waals surface area contributed by atoms with E-state index in [1.807, 2.05) is 0 Å². The van der Waals surface area contributed by atoms with Gasteiger partial charge in [-0.3, -0.25) is 9.59 Å². The molecular weight excluding hydrogens is 330 g/mol. The van der Waals surface area contributed by atoms with Crippen LogP contribution in [0.5, 0.6) is 0 Å². The molecule has 0 unspecified atom stereocenters. The molecule has 7 nitrogen and oxygen atoms in total. The Morgan fingerprint density at radius 2 is 1.96 bits per heavy atom. The van der Waals surface area contributed by atoms with Crippen LogP contribution in [0.25, 0.3) is 0 Å². The molecule has 0 fully saturated rings. The molecule has 8 heteroatoms. The zero-order chi connectivity index (χ0) is 17.5. The summed E-state index contributed by atoms with van der Waals surface area (Å²) in [6, 6.07) is 7.73. The summed E-state index contributed by atoms with van der Waals surface area (Å²) in [6.07, 6.45) is 1.19. The summed E-state index contributed by atoms with van der Waals surface area (Å²) in [5.41, 5.74) is 0.718. The highest BCUT2D eigenvalue weighted by atomic mass is 32.2. The van der Waals surface area contributed by atoms with Crippen LogP contribution in [0.2, 0.25) is 0 Å². The molecule has 0 atom stereocenters. The number of benzene rings is 1. The lowest BCUT2D eigenvalue weighted by Crippen LogP contribution is -2.15. The Morgan fingerprint density at radius 3 is 2.58 bits per heavy atom. The average molecular weight is 347 g/mol. The van der Waals surface area contributed by atoms with Gasteiger partial charge < -0.3 is 15.0 Å². The summed E-state index contributed by atoms with van der Waals surface area (Å²) >= 11 is 1.12. The summed E-state index contributed by atoms with van der Waals surface area (Å²) in [6.45, 7) is 3.55. The second-order valence-corrected chi connectivity index (χ2v) is 6.07. The van der Waals surface area contributed by atoms with Gasteiger partial charge in [-0.1, -0.05) is 11.8 Å². The predicted octanol–water partition coefficient (Wildman–Crippen LogP) is 2.07. The molecule has 1 heterocycles. The maximum absolute atomic E-state index is 11.9. The average Bonchev–Trinajstić information content (AvgIpc) is 2.53. The van der Waals surface area contributed by atoms with Gasteiger partial charge in [-0.15, -0.1) is 0 Å². The molecule has 0 aliphatic carbocycles. The number of carbonyl (C=O) groups is 2. The van der Waals surface area contributed by atoms with Gasteiger partial charge in [0, 0.05) is 18.0 Å². The number of thioether (sulfide) groups is 1. The van der Waals surface area contributed by atoms with E-state index in [9.17, 15) is 14.4 Å². The zero-order valence-corrected chi connectivity index (χ0v) is 14.1. The van der Waals surface area contributed by atoms with Crippen LogP contribution in [0.3, 0.4) is 0 Å². The van der Waals surface area contributed by atoms with E-state index in [2.05, 4.69) is 15.3 Å². The lowest BCUT2D eigenvalue weighted by Gasteiger charge is -2.09. The highest BCUT2D eigenvalue weighted by Gasteiger charge is 2.10. The van der Waals surface area contributed by atoms with E-state index in [0.717, 1.165) is 11.8 Å². The van der Waals surface area contributed by atoms with Gasteiger partial charge in [0.1, 0.15) is 0 Å². The van der Waals surface area contributed by atoms with Crippen LogP contribution in [0.15, 0.2) is 46.5 Å². The number of rotatable bonds is 6. The van der Waals surface area contributed by atoms with E-state index < -0.39 is 5.97 Å². The number of carbonyl (C=O) groups excluding carboxylic acids is 2. The molecule has 2 aromatic rings. The van der Waals surface area contributed by atoms with Crippen molar-refractivity contribution in [3.8, 4) is 0 Å². The van der Waals surface area contributed by atoms with Gasteiger partial charge in [0.15, 0.2) is 5.16 Å². The third-order valence-corrected chi connectivity index (χ3v) is 3.62. The first-order chi connectivity index (χ1) is 11.4. The number of nitrogens with zero attached hydrogens (tertiary/aromatic N) is 1. The van der Waals surface area contributed by atoms with Crippen LogP contribution in [0.4, 0.5) is 5.69 Å². The Kier molecular flexibility index (Phi) is 6.14. The number of hydrogen-bond acceptors (Lipinski definition) is 6. The van der Waals surface area contributed by atoms with E-state index in [-0.39, 0.29) is 23.3 Å². The van der Waals surface area contributed by atoms with E-state index >= 15 is 0 Å². The maximum Gasteiger partial charge on any atom is 0.338 e. The topological polar surface area (TPSA) is 101 Å². The van der Waals surface area contributed by atoms with Crippen molar-refractivity contribution in [2.45, 2.75) is 25.1 Å². The number of esters is 1. The number of amides is 1. The molecule has 1 aromatic heterocycles. The first kappa shape index (κ1) is 17.7. The minimum atomic E-state index is -0.405. The standard InChI is InChI=1S/C16H17N3O4S/c1-10(2)23-15(22)11-3-5-12(6-4-11)18-14(21)9-24-16-17-8-7-13(20)19-16/h3-8,10H,9H2,1-2H3,(H,18,21)(H,17,19,20). The minimum absolute atomic E-state index is 0.101. The maximum atomic E-state index is 11.9.